The second-order valence-corrected chi connectivity index (χ2v) is 53.7. The minimum atomic E-state index is -1.52. The SMILES string of the molecule is C[Si](C)(C)C(c1cc(C([Si](C)(C)C)[Si](C)(C)C)c(B([S-])[S-])c(C([Si](C)(C)C)[Si](C)(C)C)c1)[Si](C)(C)C.[Ti+3].c1cc[cH-]c1. The molecule has 0 aliphatic rings. The first kappa shape index (κ1) is 43.4. The summed E-state index contributed by atoms with van der Waals surface area (Å²) in [5, 5.41) is 1.82. The van der Waals surface area contributed by atoms with Gasteiger partial charge in [-0.3, -0.25) is 0 Å². The summed E-state index contributed by atoms with van der Waals surface area (Å²) in [7, 11) is -9.00. The van der Waals surface area contributed by atoms with Gasteiger partial charge in [0, 0.05) is 48.4 Å². The van der Waals surface area contributed by atoms with Crippen LogP contribution in [0.15, 0.2) is 42.5 Å². The zero-order valence-electron chi connectivity index (χ0n) is 30.7. The summed E-state index contributed by atoms with van der Waals surface area (Å²) >= 11 is 12.2. The van der Waals surface area contributed by atoms with E-state index in [0.29, 0.717) is 10.3 Å². The second kappa shape index (κ2) is 15.5. The summed E-state index contributed by atoms with van der Waals surface area (Å²) < 4.78 is 0. The molecule has 10 heteroatoms. The van der Waals surface area contributed by atoms with Gasteiger partial charge in [-0.1, -0.05) is 141 Å². The van der Waals surface area contributed by atoms with E-state index in [4.69, 9.17) is 25.0 Å². The van der Waals surface area contributed by atoms with Crippen LogP contribution in [0.5, 0.6) is 0 Å². The van der Waals surface area contributed by atoms with Crippen molar-refractivity contribution in [3.63, 3.8) is 0 Å². The van der Waals surface area contributed by atoms with Crippen LogP contribution in [0, 0.1) is 0 Å². The first-order valence-corrected chi connectivity index (χ1v) is 38.1. The van der Waals surface area contributed by atoms with Gasteiger partial charge < -0.3 is 25.0 Å². The van der Waals surface area contributed by atoms with Gasteiger partial charge >= 0.3 is 21.7 Å². The van der Waals surface area contributed by atoms with Crippen LogP contribution in [0.3, 0.4) is 0 Å². The predicted octanol–water partition coefficient (Wildman–Crippen LogP) is 10.4. The van der Waals surface area contributed by atoms with Crippen molar-refractivity contribution in [3.05, 3.63) is 59.2 Å². The van der Waals surface area contributed by atoms with Crippen molar-refractivity contribution in [2.24, 2.45) is 0 Å². The smallest absolute Gasteiger partial charge is 0.844 e. The molecule has 1 radical (unpaired) electrons. The van der Waals surface area contributed by atoms with Crippen LogP contribution in [0.25, 0.3) is 0 Å². The topological polar surface area (TPSA) is 0 Å². The minimum absolute atomic E-state index is 0. The Hall–Kier alpha value is 1.35. The molecule has 0 saturated carbocycles. The summed E-state index contributed by atoms with van der Waals surface area (Å²) in [6.07, 6.45) is 0. The quantitative estimate of drug-likeness (QED) is 0.135. The van der Waals surface area contributed by atoms with Gasteiger partial charge in [0.25, 0.3) is 0 Å². The summed E-state index contributed by atoms with van der Waals surface area (Å²) in [4.78, 5) is 0. The van der Waals surface area contributed by atoms with Gasteiger partial charge in [0.05, 0.1) is 0 Å². The largest absolute Gasteiger partial charge is 3.00 e. The summed E-state index contributed by atoms with van der Waals surface area (Å²) in [5.74, 6) is 0. The minimum Gasteiger partial charge on any atom is -0.844 e. The Balaban J connectivity index is 0.00000252. The van der Waals surface area contributed by atoms with Gasteiger partial charge in [-0.05, 0) is 21.1 Å². The van der Waals surface area contributed by atoms with Crippen LogP contribution >= 0.6 is 0 Å². The molecule has 2 aromatic carbocycles. The molecule has 0 aliphatic carbocycles. The first-order chi connectivity index (χ1) is 18.0. The van der Waals surface area contributed by atoms with Crippen LogP contribution in [0.2, 0.25) is 118 Å². The van der Waals surface area contributed by atoms with Gasteiger partial charge in [0.1, 0.15) is 0 Å². The molecule has 0 N–H and O–H groups in total. The third-order valence-electron chi connectivity index (χ3n) is 8.21. The van der Waals surface area contributed by atoms with Gasteiger partial charge in [-0.2, -0.15) is 23.5 Å². The molecule has 2 rings (SSSR count). The molecule has 0 heterocycles. The van der Waals surface area contributed by atoms with E-state index in [9.17, 15) is 0 Å². The van der Waals surface area contributed by atoms with Gasteiger partial charge in [0.2, 0.25) is 0 Å². The molecule has 0 bridgehead atoms. The van der Waals surface area contributed by atoms with Crippen molar-refractivity contribution in [2.45, 2.75) is 133 Å². The summed E-state index contributed by atoms with van der Waals surface area (Å²) in [6, 6.07) is 15.4. The first-order valence-electron chi connectivity index (χ1n) is 15.7. The van der Waals surface area contributed by atoms with Crippen LogP contribution < -0.4 is 5.46 Å². The molecule has 0 nitrogen and oxygen atoms in total. The Morgan fingerprint density at radius 1 is 0.500 bits per heavy atom. The predicted molar refractivity (Wildman–Crippen MR) is 217 cm³/mol. The summed E-state index contributed by atoms with van der Waals surface area (Å²) in [5.41, 5.74) is 6.30. The van der Waals surface area contributed by atoms with Crippen molar-refractivity contribution in [3.8, 4) is 0 Å². The molecular formula is C32H64BS2Si6Ti. The van der Waals surface area contributed by atoms with Crippen LogP contribution in [-0.2, 0) is 46.7 Å². The Labute approximate surface area is 295 Å². The standard InChI is InChI=1S/C27H59BS2Si6.C5H5.Ti/c1-31(2,3)25(32(4,5)6)21-19-22(26(33(7,8)9)34(10,11)12)24(28(29)30)23(20-21)27(35(13,14)15)36(16,17)18;1-2-4-5-3-1;/h19-20,25-27H,1-18H3;1-5H;/q-2;-1;+3. The Bertz CT molecular complexity index is 985. The number of hydrogen-bond donors (Lipinski definition) is 0. The fraction of sp³-hybridized carbons (Fsp3) is 0.656. The van der Waals surface area contributed by atoms with Gasteiger partial charge in [-0.15, -0.1) is 5.46 Å². The van der Waals surface area contributed by atoms with Crippen molar-refractivity contribution in [1.82, 2.24) is 0 Å². The van der Waals surface area contributed by atoms with Crippen LogP contribution in [-0.4, -0.2) is 53.7 Å². The number of benzene rings is 1. The van der Waals surface area contributed by atoms with Gasteiger partial charge in [-0.25, -0.2) is 12.1 Å². The van der Waals surface area contributed by atoms with Crippen LogP contribution in [0.4, 0.5) is 0 Å². The van der Waals surface area contributed by atoms with Crippen molar-refractivity contribution >= 4 is 84.1 Å². The van der Waals surface area contributed by atoms with E-state index in [1.807, 2.05) is 30.3 Å². The molecular weight excluding hydrogens is 676 g/mol. The molecule has 2 aromatic rings. The number of hydrogen-bond acceptors (Lipinski definition) is 2. The molecule has 0 aromatic heterocycles. The molecule has 0 amide bonds. The molecule has 0 unspecified atom stereocenters. The van der Waals surface area contributed by atoms with E-state index in [1.54, 1.807) is 16.7 Å². The Morgan fingerprint density at radius 3 is 0.929 bits per heavy atom. The van der Waals surface area contributed by atoms with Crippen LogP contribution in [0.1, 0.15) is 32.2 Å². The second-order valence-electron chi connectivity index (χ2n) is 18.9. The average molecular weight is 740 g/mol. The van der Waals surface area contributed by atoms with E-state index < -0.39 is 48.4 Å². The zero-order valence-corrected chi connectivity index (χ0v) is 39.9. The van der Waals surface area contributed by atoms with E-state index in [0.717, 1.165) is 5.16 Å². The van der Waals surface area contributed by atoms with E-state index >= 15 is 0 Å². The summed E-state index contributed by atoms with van der Waals surface area (Å²) in [6.45, 7) is 46.8. The van der Waals surface area contributed by atoms with Crippen molar-refractivity contribution in [1.29, 1.82) is 0 Å². The van der Waals surface area contributed by atoms with E-state index in [-0.39, 0.29) is 27.0 Å². The van der Waals surface area contributed by atoms with Crippen molar-refractivity contribution in [2.75, 3.05) is 0 Å². The van der Waals surface area contributed by atoms with Gasteiger partial charge in [0.15, 0.2) is 0 Å². The zero-order chi connectivity index (χ0) is 32.6. The van der Waals surface area contributed by atoms with E-state index in [2.05, 4.69) is 130 Å². The normalized spacial score (nSPS) is 13.7. The Morgan fingerprint density at radius 2 is 0.762 bits per heavy atom. The molecule has 235 valence electrons. The third-order valence-corrected chi connectivity index (χ3v) is 36.6. The maximum atomic E-state index is 6.10. The Kier molecular flexibility index (Phi) is 16.0. The number of rotatable bonds is 10. The van der Waals surface area contributed by atoms with E-state index in [1.165, 1.54) is 5.46 Å². The fourth-order valence-corrected chi connectivity index (χ4v) is 47.5. The fourth-order valence-electron chi connectivity index (χ4n) is 8.72. The molecule has 0 aliphatic heterocycles. The van der Waals surface area contributed by atoms with Crippen molar-refractivity contribution < 1.29 is 21.7 Å². The monoisotopic (exact) mass is 739 g/mol. The third kappa shape index (κ3) is 12.2. The average Bonchev–Trinajstić information content (AvgIpc) is 3.20. The molecule has 0 fully saturated rings. The molecule has 42 heavy (non-hydrogen) atoms. The maximum absolute atomic E-state index is 6.10. The molecule has 0 spiro atoms. The molecule has 0 saturated heterocycles. The maximum Gasteiger partial charge on any atom is 3.00 e. The molecule has 0 atom stereocenters.